The van der Waals surface area contributed by atoms with Crippen LogP contribution in [-0.2, 0) is 14.3 Å². The zero-order valence-electron chi connectivity index (χ0n) is 26.1. The van der Waals surface area contributed by atoms with Gasteiger partial charge in [0.2, 0.25) is 0 Å². The Bertz CT molecular complexity index is 1260. The minimum Gasteiger partial charge on any atom is -0.466 e. The summed E-state index contributed by atoms with van der Waals surface area (Å²) in [6.07, 6.45) is 5.40. The lowest BCUT2D eigenvalue weighted by atomic mass is 9.79. The minimum atomic E-state index is -1.28. The van der Waals surface area contributed by atoms with Crippen LogP contribution in [0.15, 0.2) is 42.5 Å². The molecular weight excluding hydrogens is 548 g/mol. The van der Waals surface area contributed by atoms with Gasteiger partial charge in [-0.3, -0.25) is 14.9 Å². The third kappa shape index (κ3) is 10.2. The monoisotopic (exact) mass is 596 g/mol. The molecule has 1 aromatic carbocycles. The Morgan fingerprint density at radius 3 is 2.57 bits per heavy atom. The fraction of sp³-hybridized carbons (Fsp3) is 0.562. The van der Waals surface area contributed by atoms with Crippen LogP contribution in [0.1, 0.15) is 56.9 Å². The Labute approximate surface area is 251 Å². The zero-order chi connectivity index (χ0) is 30.8. The number of nitrogens with zero attached hydrogens (tertiary/aromatic N) is 2. The molecule has 0 spiro atoms. The third-order valence-corrected chi connectivity index (χ3v) is 9.51. The molecule has 9 nitrogen and oxygen atoms in total. The van der Waals surface area contributed by atoms with Crippen molar-refractivity contribution in [2.24, 2.45) is 5.41 Å². The van der Waals surface area contributed by atoms with Crippen LogP contribution in [0.2, 0.25) is 25.7 Å². The molecular formula is C32H48N4O5Si. The Hall–Kier alpha value is -3.24. The summed E-state index contributed by atoms with van der Waals surface area (Å²) in [5.74, 6) is -0.373. The van der Waals surface area contributed by atoms with Crippen LogP contribution in [0.3, 0.4) is 0 Å². The summed E-state index contributed by atoms with van der Waals surface area (Å²) in [6, 6.07) is 9.75. The Morgan fingerprint density at radius 1 is 1.10 bits per heavy atom. The van der Waals surface area contributed by atoms with Crippen LogP contribution in [0, 0.1) is 5.41 Å². The number of pyridine rings is 1. The van der Waals surface area contributed by atoms with Crippen molar-refractivity contribution in [3.05, 3.63) is 48.2 Å². The largest absolute Gasteiger partial charge is 0.466 e. The first-order chi connectivity index (χ1) is 19.9. The molecule has 1 aliphatic rings. The first-order valence-electron chi connectivity index (χ1n) is 15.2. The lowest BCUT2D eigenvalue weighted by Crippen LogP contribution is -2.35. The molecule has 0 fully saturated rings. The van der Waals surface area contributed by atoms with Gasteiger partial charge in [0.15, 0.2) is 0 Å². The summed E-state index contributed by atoms with van der Waals surface area (Å²) in [5.41, 5.74) is 0.972. The van der Waals surface area contributed by atoms with Gasteiger partial charge in [0.1, 0.15) is 11.8 Å². The third-order valence-electron chi connectivity index (χ3n) is 7.81. The van der Waals surface area contributed by atoms with Crippen molar-refractivity contribution in [1.29, 1.82) is 0 Å². The van der Waals surface area contributed by atoms with Crippen LogP contribution in [-0.4, -0.2) is 74.8 Å². The van der Waals surface area contributed by atoms with Crippen LogP contribution in [0.4, 0.5) is 10.5 Å². The van der Waals surface area contributed by atoms with E-state index >= 15 is 0 Å². The average molecular weight is 597 g/mol. The molecule has 0 saturated carbocycles. The number of benzene rings is 1. The van der Waals surface area contributed by atoms with Gasteiger partial charge in [-0.25, -0.2) is 9.78 Å². The van der Waals surface area contributed by atoms with E-state index in [9.17, 15) is 14.4 Å². The molecule has 1 aliphatic carbocycles. The smallest absolute Gasteiger partial charge is 0.412 e. The number of carbonyl (C=O) groups is 3. The second-order valence-corrected chi connectivity index (χ2v) is 18.1. The summed E-state index contributed by atoms with van der Waals surface area (Å²) in [5, 5.41) is 6.51. The second-order valence-electron chi connectivity index (χ2n) is 12.5. The van der Waals surface area contributed by atoms with Crippen molar-refractivity contribution < 1.29 is 23.9 Å². The first-order valence-corrected chi connectivity index (χ1v) is 18.9. The minimum absolute atomic E-state index is 0.163. The molecule has 2 aromatic rings. The molecule has 3 rings (SSSR count). The molecule has 2 N–H and O–H groups in total. The summed E-state index contributed by atoms with van der Waals surface area (Å²) in [7, 11) is -1.28. The van der Waals surface area contributed by atoms with E-state index in [1.807, 2.05) is 25.1 Å². The highest BCUT2D eigenvalue weighted by atomic mass is 28.3. The molecule has 2 atom stereocenters. The van der Waals surface area contributed by atoms with Crippen LogP contribution in [0.25, 0.3) is 10.9 Å². The number of nitrogens with one attached hydrogen (secondary N) is 2. The van der Waals surface area contributed by atoms with Crippen LogP contribution >= 0.6 is 0 Å². The normalized spacial score (nSPS) is 19.9. The molecule has 1 aromatic heterocycles. The molecule has 0 unspecified atom stereocenters. The molecule has 10 heteroatoms. The molecule has 230 valence electrons. The van der Waals surface area contributed by atoms with Crippen molar-refractivity contribution in [1.82, 2.24) is 15.2 Å². The highest BCUT2D eigenvalue weighted by Gasteiger charge is 2.36. The fourth-order valence-corrected chi connectivity index (χ4v) is 5.55. The lowest BCUT2D eigenvalue weighted by molar-refractivity contribution is -0.155. The van der Waals surface area contributed by atoms with Gasteiger partial charge in [0, 0.05) is 32.2 Å². The van der Waals surface area contributed by atoms with E-state index in [4.69, 9.17) is 9.47 Å². The molecule has 1 heterocycles. The Morgan fingerprint density at radius 2 is 1.86 bits per heavy atom. The Balaban J connectivity index is 1.53. The summed E-state index contributed by atoms with van der Waals surface area (Å²) in [6.45, 7) is 16.6. The van der Waals surface area contributed by atoms with Gasteiger partial charge in [0.25, 0.3) is 5.91 Å². The zero-order valence-corrected chi connectivity index (χ0v) is 27.1. The molecule has 0 aliphatic heterocycles. The number of hydrogen-bond acceptors (Lipinski definition) is 7. The van der Waals surface area contributed by atoms with Gasteiger partial charge >= 0.3 is 12.1 Å². The molecule has 0 saturated heterocycles. The summed E-state index contributed by atoms with van der Waals surface area (Å²) < 4.78 is 11.4. The van der Waals surface area contributed by atoms with E-state index in [0.29, 0.717) is 55.7 Å². The van der Waals surface area contributed by atoms with Gasteiger partial charge in [0.05, 0.1) is 17.5 Å². The van der Waals surface area contributed by atoms with Crippen molar-refractivity contribution in [2.45, 2.75) is 78.2 Å². The van der Waals surface area contributed by atoms with Gasteiger partial charge in [-0.05, 0) is 82.1 Å². The van der Waals surface area contributed by atoms with Gasteiger partial charge in [-0.2, -0.15) is 0 Å². The highest BCUT2D eigenvalue weighted by molar-refractivity contribution is 6.76. The first kappa shape index (κ1) is 33.3. The van der Waals surface area contributed by atoms with Crippen LogP contribution < -0.4 is 10.6 Å². The standard InChI is InChI=1S/C32H48N4O5Si/c1-7-36(8-2)20-19-33-29(37)28-14-12-24-23-25(13-15-27(24)35-28)34-31(39)41-26-11-9-10-17-32(3,18-16-26)30(38)40-21-22-42(4,5)6/h9,11-15,23,26H,7-8,10,16-22H2,1-6H3,(H,33,37)(H,34,39)/b11-9+/t26-,32+/m0/s1. The lowest BCUT2D eigenvalue weighted by Gasteiger charge is -2.30. The van der Waals surface area contributed by atoms with Gasteiger partial charge in [-0.1, -0.05) is 45.6 Å². The number of esters is 1. The van der Waals surface area contributed by atoms with Crippen molar-refractivity contribution in [3.63, 3.8) is 0 Å². The highest BCUT2D eigenvalue weighted by Crippen LogP contribution is 2.34. The predicted octanol–water partition coefficient (Wildman–Crippen LogP) is 6.24. The molecule has 42 heavy (non-hydrogen) atoms. The number of fused-ring (bicyclic) bond motifs is 1. The number of aromatic nitrogens is 1. The topological polar surface area (TPSA) is 110 Å². The number of likely N-dealkylation sites (N-methyl/N-ethyl adjacent to an activating group) is 1. The summed E-state index contributed by atoms with van der Waals surface area (Å²) >= 11 is 0. The van der Waals surface area contributed by atoms with E-state index in [0.717, 1.165) is 31.1 Å². The van der Waals surface area contributed by atoms with E-state index in [-0.39, 0.29) is 11.9 Å². The van der Waals surface area contributed by atoms with E-state index in [1.165, 1.54) is 0 Å². The number of hydrogen-bond donors (Lipinski definition) is 2. The van der Waals surface area contributed by atoms with Crippen molar-refractivity contribution in [3.8, 4) is 0 Å². The van der Waals surface area contributed by atoms with Gasteiger partial charge < -0.3 is 19.7 Å². The SMILES string of the molecule is CCN(CC)CCNC(=O)c1ccc2cc(NC(=O)O[C@H]3/C=C/CC[C@@](C)(C(=O)OCC[Si](C)(C)C)CC3)ccc2n1. The predicted molar refractivity (Wildman–Crippen MR) is 171 cm³/mol. The van der Waals surface area contributed by atoms with E-state index < -0.39 is 25.7 Å². The molecule has 2 amide bonds. The summed E-state index contributed by atoms with van der Waals surface area (Å²) in [4.78, 5) is 45.0. The maximum Gasteiger partial charge on any atom is 0.412 e. The molecule has 0 radical (unpaired) electrons. The quantitative estimate of drug-likeness (QED) is 0.170. The second kappa shape index (κ2) is 15.3. The van der Waals surface area contributed by atoms with Crippen LogP contribution in [0.5, 0.6) is 0 Å². The number of allylic oxidation sites excluding steroid dienone is 1. The van der Waals surface area contributed by atoms with E-state index in [1.54, 1.807) is 24.3 Å². The number of carbonyl (C=O) groups excluding carboxylic acids is 3. The number of amides is 2. The fourth-order valence-electron chi connectivity index (χ4n) is 4.83. The van der Waals surface area contributed by atoms with Gasteiger partial charge in [-0.15, -0.1) is 0 Å². The molecule has 0 bridgehead atoms. The number of rotatable bonds is 12. The average Bonchev–Trinajstić information content (AvgIpc) is 2.94. The maximum atomic E-state index is 12.9. The van der Waals surface area contributed by atoms with Crippen molar-refractivity contribution in [2.75, 3.05) is 38.1 Å². The number of anilines is 1. The van der Waals surface area contributed by atoms with Crippen molar-refractivity contribution >= 4 is 42.6 Å². The Kier molecular flexibility index (Phi) is 12.1. The maximum absolute atomic E-state index is 12.9. The number of ether oxygens (including phenoxy) is 2. The van der Waals surface area contributed by atoms with E-state index in [2.05, 4.69) is 54.0 Å².